The van der Waals surface area contributed by atoms with Gasteiger partial charge in [-0.2, -0.15) is 5.10 Å². The smallest absolute Gasteiger partial charge is 0.335 e. The SMILES string of the molecule is Nc1ccc(-c2cc(N)n(CCc3ccncc3)n2)cc1.O=C(O)[C@H](O)[C@@H](O)C(=O)O. The summed E-state index contributed by atoms with van der Waals surface area (Å²) in [6.45, 7) is 0.741. The van der Waals surface area contributed by atoms with Crippen molar-refractivity contribution < 1.29 is 30.0 Å². The van der Waals surface area contributed by atoms with Gasteiger partial charge in [-0.1, -0.05) is 12.1 Å². The number of aromatic nitrogens is 3. The highest BCUT2D eigenvalue weighted by atomic mass is 16.4. The standard InChI is InChI=1S/C16H17N5.C4H6O6/c17-14-3-1-13(2-4-14)15-11-16(18)21(20-15)10-7-12-5-8-19-9-6-12;5-1(3(7)8)2(6)4(9)10/h1-6,8-9,11H,7,10,17-18H2;1-2,5-6H,(H,7,8)(H,9,10)/t;1-,2-/m.1/s1. The molecule has 2 aromatic heterocycles. The molecule has 31 heavy (non-hydrogen) atoms. The van der Waals surface area contributed by atoms with Crippen LogP contribution in [0.3, 0.4) is 0 Å². The third kappa shape index (κ3) is 6.80. The lowest BCUT2D eigenvalue weighted by Gasteiger charge is -2.07. The normalized spacial score (nSPS) is 12.3. The molecule has 0 aliphatic rings. The van der Waals surface area contributed by atoms with Gasteiger partial charge in [-0.3, -0.25) is 4.98 Å². The molecular weight excluding hydrogens is 406 g/mol. The molecule has 3 rings (SSSR count). The molecule has 0 aliphatic carbocycles. The van der Waals surface area contributed by atoms with Crippen LogP contribution in [0.2, 0.25) is 0 Å². The summed E-state index contributed by atoms with van der Waals surface area (Å²) in [6, 6.07) is 13.5. The molecule has 0 saturated carbocycles. The Morgan fingerprint density at radius 2 is 1.48 bits per heavy atom. The first-order valence-corrected chi connectivity index (χ1v) is 9.09. The molecule has 8 N–H and O–H groups in total. The number of pyridine rings is 1. The minimum atomic E-state index is -2.27. The molecule has 11 heteroatoms. The fourth-order valence-corrected chi connectivity index (χ4v) is 2.46. The van der Waals surface area contributed by atoms with Gasteiger partial charge in [0.25, 0.3) is 0 Å². The molecule has 2 heterocycles. The van der Waals surface area contributed by atoms with E-state index >= 15 is 0 Å². The number of carbonyl (C=O) groups is 2. The predicted molar refractivity (Wildman–Crippen MR) is 112 cm³/mol. The van der Waals surface area contributed by atoms with Crippen LogP contribution in [0.4, 0.5) is 11.5 Å². The largest absolute Gasteiger partial charge is 0.479 e. The van der Waals surface area contributed by atoms with E-state index in [4.69, 9.17) is 31.9 Å². The molecule has 0 amide bonds. The summed E-state index contributed by atoms with van der Waals surface area (Å²) in [5, 5.41) is 37.1. The lowest BCUT2D eigenvalue weighted by Crippen LogP contribution is -2.39. The van der Waals surface area contributed by atoms with E-state index in [-0.39, 0.29) is 0 Å². The number of carboxylic acids is 2. The Bertz CT molecular complexity index is 989. The van der Waals surface area contributed by atoms with Gasteiger partial charge in [0.1, 0.15) is 5.82 Å². The number of aliphatic carboxylic acids is 2. The van der Waals surface area contributed by atoms with Crippen molar-refractivity contribution in [1.82, 2.24) is 14.8 Å². The molecule has 3 aromatic rings. The molecule has 0 aliphatic heterocycles. The molecule has 0 unspecified atom stereocenters. The first-order chi connectivity index (χ1) is 14.7. The van der Waals surface area contributed by atoms with Gasteiger partial charge in [0, 0.05) is 36.3 Å². The van der Waals surface area contributed by atoms with Gasteiger partial charge < -0.3 is 31.9 Å². The average Bonchev–Trinajstić information content (AvgIpc) is 3.13. The first kappa shape index (κ1) is 23.3. The number of nitrogens with two attached hydrogens (primary N) is 2. The van der Waals surface area contributed by atoms with E-state index in [1.54, 1.807) is 12.4 Å². The number of hydrogen-bond donors (Lipinski definition) is 6. The zero-order chi connectivity index (χ0) is 23.0. The van der Waals surface area contributed by atoms with Gasteiger partial charge in [-0.25, -0.2) is 14.3 Å². The van der Waals surface area contributed by atoms with Crippen LogP contribution in [-0.2, 0) is 22.6 Å². The van der Waals surface area contributed by atoms with Crippen LogP contribution in [0.5, 0.6) is 0 Å². The van der Waals surface area contributed by atoms with E-state index in [2.05, 4.69) is 10.1 Å². The summed E-state index contributed by atoms with van der Waals surface area (Å²) in [5.41, 5.74) is 15.6. The van der Waals surface area contributed by atoms with Gasteiger partial charge >= 0.3 is 11.9 Å². The Balaban J connectivity index is 0.000000291. The molecule has 0 radical (unpaired) electrons. The van der Waals surface area contributed by atoms with Crippen molar-refractivity contribution in [2.45, 2.75) is 25.2 Å². The van der Waals surface area contributed by atoms with Crippen molar-refractivity contribution in [2.75, 3.05) is 11.5 Å². The summed E-state index contributed by atoms with van der Waals surface area (Å²) in [5.74, 6) is -2.87. The van der Waals surface area contributed by atoms with Crippen molar-refractivity contribution in [3.63, 3.8) is 0 Å². The van der Waals surface area contributed by atoms with Crippen LogP contribution in [-0.4, -0.2) is 59.3 Å². The highest BCUT2D eigenvalue weighted by Crippen LogP contribution is 2.21. The summed E-state index contributed by atoms with van der Waals surface area (Å²) in [7, 11) is 0. The molecule has 0 spiro atoms. The van der Waals surface area contributed by atoms with E-state index in [0.717, 1.165) is 29.9 Å². The topological polar surface area (TPSA) is 198 Å². The second kappa shape index (κ2) is 10.7. The zero-order valence-corrected chi connectivity index (χ0v) is 16.4. The van der Waals surface area contributed by atoms with Crippen LogP contribution in [0.25, 0.3) is 11.3 Å². The number of rotatable bonds is 7. The van der Waals surface area contributed by atoms with Crippen LogP contribution >= 0.6 is 0 Å². The first-order valence-electron chi connectivity index (χ1n) is 9.09. The van der Waals surface area contributed by atoms with Crippen molar-refractivity contribution in [2.24, 2.45) is 0 Å². The van der Waals surface area contributed by atoms with Crippen molar-refractivity contribution >= 4 is 23.4 Å². The number of aliphatic hydroxyl groups excluding tert-OH is 2. The number of aliphatic hydroxyl groups is 2. The fraction of sp³-hybridized carbons (Fsp3) is 0.200. The van der Waals surface area contributed by atoms with Gasteiger partial charge in [0.05, 0.1) is 5.69 Å². The molecular formula is C20H23N5O6. The fourth-order valence-electron chi connectivity index (χ4n) is 2.46. The summed E-state index contributed by atoms with van der Waals surface area (Å²) >= 11 is 0. The quantitative estimate of drug-likeness (QED) is 0.283. The third-order valence-electron chi connectivity index (χ3n) is 4.18. The number of anilines is 2. The number of hydrogen-bond acceptors (Lipinski definition) is 8. The van der Waals surface area contributed by atoms with Crippen LogP contribution in [0.1, 0.15) is 5.56 Å². The van der Waals surface area contributed by atoms with E-state index in [1.165, 1.54) is 5.56 Å². The van der Waals surface area contributed by atoms with Crippen LogP contribution < -0.4 is 11.5 Å². The van der Waals surface area contributed by atoms with E-state index in [0.29, 0.717) is 5.82 Å². The van der Waals surface area contributed by atoms with Gasteiger partial charge in [0.2, 0.25) is 0 Å². The number of carboxylic acid groups (broad SMARTS) is 2. The Hall–Kier alpha value is -3.96. The highest BCUT2D eigenvalue weighted by molar-refractivity contribution is 5.83. The maximum absolute atomic E-state index is 9.77. The Morgan fingerprint density at radius 3 is 2.00 bits per heavy atom. The second-order valence-corrected chi connectivity index (χ2v) is 6.47. The van der Waals surface area contributed by atoms with Gasteiger partial charge in [-0.05, 0) is 36.2 Å². The maximum Gasteiger partial charge on any atom is 0.335 e. The predicted octanol–water partition coefficient (Wildman–Crippen LogP) is 0.230. The van der Waals surface area contributed by atoms with E-state index in [1.807, 2.05) is 47.1 Å². The molecule has 1 aromatic carbocycles. The molecule has 11 nitrogen and oxygen atoms in total. The Labute approximate surface area is 177 Å². The number of nitrogens with zero attached hydrogens (tertiary/aromatic N) is 3. The Morgan fingerprint density at radius 1 is 0.935 bits per heavy atom. The van der Waals surface area contributed by atoms with Crippen LogP contribution in [0, 0.1) is 0 Å². The molecule has 0 saturated heterocycles. The minimum Gasteiger partial charge on any atom is -0.479 e. The monoisotopic (exact) mass is 429 g/mol. The number of nitrogen functional groups attached to an aromatic ring is 2. The highest BCUT2D eigenvalue weighted by Gasteiger charge is 2.29. The van der Waals surface area contributed by atoms with Gasteiger partial charge in [0.15, 0.2) is 12.2 Å². The van der Waals surface area contributed by atoms with E-state index < -0.39 is 24.1 Å². The van der Waals surface area contributed by atoms with Gasteiger partial charge in [-0.15, -0.1) is 0 Å². The summed E-state index contributed by atoms with van der Waals surface area (Å²) in [6.07, 6.45) is -0.0753. The molecule has 0 bridgehead atoms. The molecule has 0 fully saturated rings. The lowest BCUT2D eigenvalue weighted by molar-refractivity contribution is -0.165. The van der Waals surface area contributed by atoms with Crippen molar-refractivity contribution in [1.29, 1.82) is 0 Å². The summed E-state index contributed by atoms with van der Waals surface area (Å²) in [4.78, 5) is 23.6. The van der Waals surface area contributed by atoms with Crippen molar-refractivity contribution in [3.05, 3.63) is 60.4 Å². The third-order valence-corrected chi connectivity index (χ3v) is 4.18. The zero-order valence-electron chi connectivity index (χ0n) is 16.4. The minimum absolute atomic E-state index is 0.663. The molecule has 164 valence electrons. The maximum atomic E-state index is 9.77. The number of aryl methyl sites for hydroxylation is 2. The van der Waals surface area contributed by atoms with Crippen molar-refractivity contribution in [3.8, 4) is 11.3 Å². The Kier molecular flexibility index (Phi) is 8.06. The molecule has 2 atom stereocenters. The summed E-state index contributed by atoms with van der Waals surface area (Å²) < 4.78 is 1.83. The lowest BCUT2D eigenvalue weighted by atomic mass is 10.1. The van der Waals surface area contributed by atoms with Crippen LogP contribution in [0.15, 0.2) is 54.9 Å². The van der Waals surface area contributed by atoms with E-state index in [9.17, 15) is 9.59 Å². The average molecular weight is 429 g/mol. The number of benzene rings is 1. The second-order valence-electron chi connectivity index (χ2n) is 6.47.